The number of nitrogens with one attached hydrogen (secondary N) is 2. The Hall–Kier alpha value is -4.57. The van der Waals surface area contributed by atoms with Crippen molar-refractivity contribution in [2.75, 3.05) is 25.8 Å². The lowest BCUT2D eigenvalue weighted by Gasteiger charge is -2.10. The van der Waals surface area contributed by atoms with Crippen molar-refractivity contribution >= 4 is 23.3 Å². The largest absolute Gasteiger partial charge is 0.468 e. The minimum absolute atomic E-state index is 0.0737. The molecule has 3 heterocycles. The van der Waals surface area contributed by atoms with Gasteiger partial charge in [-0.05, 0) is 41.5 Å². The Morgan fingerprint density at radius 1 is 1.08 bits per heavy atom. The fourth-order valence-corrected chi connectivity index (χ4v) is 4.03. The lowest BCUT2D eigenvalue weighted by molar-refractivity contribution is -0.138. The van der Waals surface area contributed by atoms with Crippen LogP contribution in [0.3, 0.4) is 0 Å². The molecule has 4 aromatic rings. The Morgan fingerprint density at radius 3 is 2.75 bits per heavy atom. The van der Waals surface area contributed by atoms with E-state index in [0.29, 0.717) is 47.3 Å². The molecular weight excluding hydrogens is 462 g/mol. The van der Waals surface area contributed by atoms with Gasteiger partial charge in [-0.3, -0.25) is 14.0 Å². The monoisotopic (exact) mass is 487 g/mol. The van der Waals surface area contributed by atoms with Crippen molar-refractivity contribution in [1.82, 2.24) is 14.7 Å². The Balaban J connectivity index is 1.51. The van der Waals surface area contributed by atoms with E-state index in [1.165, 1.54) is 7.11 Å². The molecule has 2 aromatic carbocycles. The fourth-order valence-electron chi connectivity index (χ4n) is 4.03. The van der Waals surface area contributed by atoms with Gasteiger partial charge in [0.2, 0.25) is 6.79 Å². The summed E-state index contributed by atoms with van der Waals surface area (Å²) in [5.74, 6) is 1.07. The number of hydrogen-bond donors (Lipinski definition) is 3. The van der Waals surface area contributed by atoms with Crippen molar-refractivity contribution in [3.05, 3.63) is 77.5 Å². The SMILES string of the molecule is COC(=O)CNc1c(-c2ccc3c(c2)OCO3)nc2c(C(=O)NCc3cccc(CN)c3)cccn12. The topological polar surface area (TPSA) is 129 Å². The van der Waals surface area contributed by atoms with E-state index in [2.05, 4.69) is 10.6 Å². The Labute approximate surface area is 207 Å². The molecule has 10 heteroatoms. The van der Waals surface area contributed by atoms with Crippen LogP contribution < -0.4 is 25.8 Å². The summed E-state index contributed by atoms with van der Waals surface area (Å²) in [4.78, 5) is 29.8. The Bertz CT molecular complexity index is 1450. The van der Waals surface area contributed by atoms with Gasteiger partial charge in [0.1, 0.15) is 18.1 Å². The van der Waals surface area contributed by atoms with Crippen molar-refractivity contribution < 1.29 is 23.8 Å². The molecule has 0 spiro atoms. The first-order chi connectivity index (χ1) is 17.6. The van der Waals surface area contributed by atoms with Gasteiger partial charge in [-0.2, -0.15) is 0 Å². The number of esters is 1. The zero-order valence-corrected chi connectivity index (χ0v) is 19.6. The normalized spacial score (nSPS) is 11.9. The summed E-state index contributed by atoms with van der Waals surface area (Å²) in [6, 6.07) is 16.7. The molecule has 0 fully saturated rings. The number of nitrogens with two attached hydrogens (primary N) is 1. The minimum atomic E-state index is -0.435. The summed E-state index contributed by atoms with van der Waals surface area (Å²) < 4.78 is 17.5. The average molecular weight is 488 g/mol. The van der Waals surface area contributed by atoms with Crippen LogP contribution in [0.1, 0.15) is 21.5 Å². The standard InChI is InChI=1S/C26H25N5O5/c1-34-22(32)14-28-25-23(18-7-8-20-21(11-18)36-15-35-20)30-24-19(6-3-9-31(24)25)26(33)29-13-17-5-2-4-16(10-17)12-27/h2-11,28H,12-15,27H2,1H3,(H,29,33). The molecule has 5 rings (SSSR count). The van der Waals surface area contributed by atoms with Crippen LogP contribution >= 0.6 is 0 Å². The van der Waals surface area contributed by atoms with Crippen molar-refractivity contribution in [3.8, 4) is 22.8 Å². The molecule has 0 unspecified atom stereocenters. The molecule has 0 saturated carbocycles. The summed E-state index contributed by atoms with van der Waals surface area (Å²) in [5, 5.41) is 6.06. The third-order valence-electron chi connectivity index (χ3n) is 5.85. The van der Waals surface area contributed by atoms with E-state index >= 15 is 0 Å². The molecule has 4 N–H and O–H groups in total. The summed E-state index contributed by atoms with van der Waals surface area (Å²) in [7, 11) is 1.32. The lowest BCUT2D eigenvalue weighted by atomic mass is 10.1. The molecular formula is C26H25N5O5. The maximum atomic E-state index is 13.2. The number of carbonyl (C=O) groups excluding carboxylic acids is 2. The van der Waals surface area contributed by atoms with E-state index in [4.69, 9.17) is 24.9 Å². The van der Waals surface area contributed by atoms with Gasteiger partial charge in [0.05, 0.1) is 12.7 Å². The van der Waals surface area contributed by atoms with Crippen LogP contribution in [0.4, 0.5) is 5.82 Å². The third-order valence-corrected chi connectivity index (χ3v) is 5.85. The molecule has 1 aliphatic heterocycles. The van der Waals surface area contributed by atoms with Crippen LogP contribution in [-0.2, 0) is 22.6 Å². The fraction of sp³-hybridized carbons (Fsp3) is 0.192. The maximum absolute atomic E-state index is 13.2. The molecule has 1 aliphatic rings. The second-order valence-corrected chi connectivity index (χ2v) is 8.13. The van der Waals surface area contributed by atoms with Gasteiger partial charge in [-0.15, -0.1) is 0 Å². The highest BCUT2D eigenvalue weighted by Crippen LogP contribution is 2.38. The molecule has 0 bridgehead atoms. The predicted octanol–water partition coefficient (Wildman–Crippen LogP) is 2.70. The van der Waals surface area contributed by atoms with Crippen molar-refractivity contribution in [1.29, 1.82) is 0 Å². The second-order valence-electron chi connectivity index (χ2n) is 8.13. The van der Waals surface area contributed by atoms with E-state index < -0.39 is 5.97 Å². The zero-order valence-electron chi connectivity index (χ0n) is 19.6. The molecule has 10 nitrogen and oxygen atoms in total. The van der Waals surface area contributed by atoms with E-state index in [1.807, 2.05) is 36.4 Å². The molecule has 2 aromatic heterocycles. The van der Waals surface area contributed by atoms with Gasteiger partial charge in [-0.25, -0.2) is 4.98 Å². The van der Waals surface area contributed by atoms with Gasteiger partial charge in [0, 0.05) is 24.8 Å². The van der Waals surface area contributed by atoms with Crippen LogP contribution in [0.25, 0.3) is 16.9 Å². The number of imidazole rings is 1. The van der Waals surface area contributed by atoms with E-state index in [1.54, 1.807) is 28.8 Å². The molecule has 36 heavy (non-hydrogen) atoms. The zero-order chi connectivity index (χ0) is 25.1. The lowest BCUT2D eigenvalue weighted by Crippen LogP contribution is -2.23. The van der Waals surface area contributed by atoms with Gasteiger partial charge < -0.3 is 30.6 Å². The van der Waals surface area contributed by atoms with E-state index in [-0.39, 0.29) is 19.2 Å². The highest BCUT2D eigenvalue weighted by Gasteiger charge is 2.22. The minimum Gasteiger partial charge on any atom is -0.468 e. The third kappa shape index (κ3) is 4.53. The number of benzene rings is 2. The first kappa shape index (κ1) is 23.2. The van der Waals surface area contributed by atoms with Crippen LogP contribution in [-0.4, -0.2) is 41.7 Å². The van der Waals surface area contributed by atoms with Crippen LogP contribution in [0.2, 0.25) is 0 Å². The summed E-state index contributed by atoms with van der Waals surface area (Å²) in [6.07, 6.45) is 1.78. The molecule has 0 radical (unpaired) electrons. The summed E-state index contributed by atoms with van der Waals surface area (Å²) in [5.41, 5.74) is 9.78. The first-order valence-corrected chi connectivity index (χ1v) is 11.3. The van der Waals surface area contributed by atoms with Gasteiger partial charge >= 0.3 is 5.97 Å². The quantitative estimate of drug-likeness (QED) is 0.324. The van der Waals surface area contributed by atoms with Crippen LogP contribution in [0.15, 0.2) is 60.8 Å². The van der Waals surface area contributed by atoms with Gasteiger partial charge in [0.15, 0.2) is 17.1 Å². The molecule has 0 saturated heterocycles. The predicted molar refractivity (Wildman–Crippen MR) is 133 cm³/mol. The number of carbonyl (C=O) groups is 2. The number of rotatable bonds is 8. The van der Waals surface area contributed by atoms with Gasteiger partial charge in [0.25, 0.3) is 5.91 Å². The Kier molecular flexibility index (Phi) is 6.42. The highest BCUT2D eigenvalue weighted by atomic mass is 16.7. The van der Waals surface area contributed by atoms with Crippen molar-refractivity contribution in [3.63, 3.8) is 0 Å². The molecule has 0 aliphatic carbocycles. The van der Waals surface area contributed by atoms with Gasteiger partial charge in [-0.1, -0.05) is 24.3 Å². The van der Waals surface area contributed by atoms with Crippen LogP contribution in [0, 0.1) is 0 Å². The summed E-state index contributed by atoms with van der Waals surface area (Å²) >= 11 is 0. The number of hydrogen-bond acceptors (Lipinski definition) is 8. The second kappa shape index (κ2) is 9.96. The number of nitrogens with zero attached hydrogens (tertiary/aromatic N) is 2. The molecule has 184 valence electrons. The number of methoxy groups -OCH3 is 1. The number of ether oxygens (including phenoxy) is 3. The number of amides is 1. The maximum Gasteiger partial charge on any atom is 0.325 e. The number of pyridine rings is 1. The number of fused-ring (bicyclic) bond motifs is 2. The van der Waals surface area contributed by atoms with Crippen molar-refractivity contribution in [2.45, 2.75) is 13.1 Å². The first-order valence-electron chi connectivity index (χ1n) is 11.3. The van der Waals surface area contributed by atoms with Crippen LogP contribution in [0.5, 0.6) is 11.5 Å². The smallest absolute Gasteiger partial charge is 0.325 e. The Morgan fingerprint density at radius 2 is 1.92 bits per heavy atom. The van der Waals surface area contributed by atoms with E-state index in [0.717, 1.165) is 16.7 Å². The van der Waals surface area contributed by atoms with Crippen molar-refractivity contribution in [2.24, 2.45) is 5.73 Å². The molecule has 1 amide bonds. The summed E-state index contributed by atoms with van der Waals surface area (Å²) in [6.45, 7) is 0.849. The molecule has 0 atom stereocenters. The highest BCUT2D eigenvalue weighted by molar-refractivity contribution is 6.01. The average Bonchev–Trinajstić information content (AvgIpc) is 3.54. The number of anilines is 1. The van der Waals surface area contributed by atoms with E-state index in [9.17, 15) is 9.59 Å². The number of aromatic nitrogens is 2.